The Morgan fingerprint density at radius 2 is 2.03 bits per heavy atom. The third-order valence-electron chi connectivity index (χ3n) is 6.54. The molecule has 1 aromatic carbocycles. The largest absolute Gasteiger partial charge is 0.333 e. The number of rotatable bonds is 5. The monoisotopic (exact) mass is 419 g/mol. The Labute approximate surface area is 182 Å². The molecule has 2 aliphatic rings. The van der Waals surface area contributed by atoms with Crippen molar-refractivity contribution in [2.75, 3.05) is 13.1 Å². The van der Waals surface area contributed by atoms with Gasteiger partial charge in [0, 0.05) is 32.7 Å². The number of nitrogens with zero attached hydrogens (tertiary/aromatic N) is 7. The van der Waals surface area contributed by atoms with E-state index < -0.39 is 0 Å². The quantitative estimate of drug-likeness (QED) is 0.634. The van der Waals surface area contributed by atoms with Gasteiger partial charge in [-0.15, -0.1) is 5.10 Å². The molecular formula is C23H29N7O. The van der Waals surface area contributed by atoms with Gasteiger partial charge in [0.2, 0.25) is 0 Å². The zero-order chi connectivity index (χ0) is 21.4. The van der Waals surface area contributed by atoms with E-state index in [1.54, 1.807) is 0 Å². The first kappa shape index (κ1) is 19.9. The van der Waals surface area contributed by atoms with Crippen molar-refractivity contribution in [2.45, 2.75) is 51.9 Å². The minimum atomic E-state index is -0.0330. The van der Waals surface area contributed by atoms with E-state index in [0.29, 0.717) is 18.3 Å². The zero-order valence-corrected chi connectivity index (χ0v) is 18.2. The number of hydrogen-bond acceptors (Lipinski definition) is 5. The minimum Gasteiger partial charge on any atom is -0.333 e. The summed E-state index contributed by atoms with van der Waals surface area (Å²) in [6.45, 7) is 6.10. The summed E-state index contributed by atoms with van der Waals surface area (Å²) >= 11 is 0. The third-order valence-corrected chi connectivity index (χ3v) is 6.54. The Hall–Kier alpha value is -3.00. The second-order valence-corrected chi connectivity index (χ2v) is 8.74. The molecule has 2 aromatic heterocycles. The van der Waals surface area contributed by atoms with Crippen LogP contribution in [-0.2, 0) is 33.1 Å². The van der Waals surface area contributed by atoms with E-state index in [9.17, 15) is 4.79 Å². The lowest BCUT2D eigenvalue weighted by molar-refractivity contribution is 0.0728. The first-order valence-corrected chi connectivity index (χ1v) is 11.1. The molecule has 2 aliphatic heterocycles. The molecule has 1 fully saturated rings. The predicted octanol–water partition coefficient (Wildman–Crippen LogP) is 2.18. The van der Waals surface area contributed by atoms with Crippen molar-refractivity contribution in [2.24, 2.45) is 7.05 Å². The molecule has 8 nitrogen and oxygen atoms in total. The SMILES string of the molecule is Cc1cc(CN2CCC[C@H]2Cn2cc(C(=O)N3CCc4ccccc4C3)nn2)n(C)n1. The predicted molar refractivity (Wildman–Crippen MR) is 116 cm³/mol. The van der Waals surface area contributed by atoms with Gasteiger partial charge in [-0.3, -0.25) is 19.1 Å². The molecule has 162 valence electrons. The number of carbonyl (C=O) groups excluding carboxylic acids is 1. The molecule has 0 aliphatic carbocycles. The first-order valence-electron chi connectivity index (χ1n) is 11.1. The van der Waals surface area contributed by atoms with E-state index >= 15 is 0 Å². The van der Waals surface area contributed by atoms with E-state index in [0.717, 1.165) is 44.7 Å². The third kappa shape index (κ3) is 4.12. The highest BCUT2D eigenvalue weighted by molar-refractivity contribution is 5.92. The molecule has 0 saturated carbocycles. The van der Waals surface area contributed by atoms with Crippen LogP contribution in [0.5, 0.6) is 0 Å². The molecule has 8 heteroatoms. The molecule has 0 N–H and O–H groups in total. The Morgan fingerprint density at radius 1 is 1.19 bits per heavy atom. The van der Waals surface area contributed by atoms with Crippen molar-refractivity contribution in [1.82, 2.24) is 34.6 Å². The van der Waals surface area contributed by atoms with Gasteiger partial charge in [-0.25, -0.2) is 0 Å². The number of benzene rings is 1. The van der Waals surface area contributed by atoms with Crippen LogP contribution in [0.2, 0.25) is 0 Å². The maximum Gasteiger partial charge on any atom is 0.276 e. The summed E-state index contributed by atoms with van der Waals surface area (Å²) in [7, 11) is 2.00. The fraction of sp³-hybridized carbons (Fsp3) is 0.478. The Balaban J connectivity index is 1.23. The number of hydrogen-bond donors (Lipinski definition) is 0. The van der Waals surface area contributed by atoms with Crippen LogP contribution in [0.3, 0.4) is 0 Å². The maximum absolute atomic E-state index is 13.0. The Morgan fingerprint density at radius 3 is 2.84 bits per heavy atom. The lowest BCUT2D eigenvalue weighted by atomic mass is 10.00. The van der Waals surface area contributed by atoms with Crippen LogP contribution in [-0.4, -0.2) is 59.6 Å². The van der Waals surface area contributed by atoms with Gasteiger partial charge < -0.3 is 4.90 Å². The molecule has 0 spiro atoms. The van der Waals surface area contributed by atoms with E-state index in [1.165, 1.54) is 23.2 Å². The van der Waals surface area contributed by atoms with E-state index in [4.69, 9.17) is 0 Å². The molecular weight excluding hydrogens is 390 g/mol. The average Bonchev–Trinajstić information content (AvgIpc) is 3.49. The first-order chi connectivity index (χ1) is 15.1. The van der Waals surface area contributed by atoms with E-state index in [1.807, 2.05) is 40.5 Å². The van der Waals surface area contributed by atoms with Gasteiger partial charge in [-0.1, -0.05) is 29.5 Å². The normalized spacial score (nSPS) is 19.0. The molecule has 3 aromatic rings. The zero-order valence-electron chi connectivity index (χ0n) is 18.2. The Bertz CT molecular complexity index is 1090. The number of amides is 1. The fourth-order valence-corrected chi connectivity index (χ4v) is 4.86. The Kier molecular flexibility index (Phi) is 5.31. The van der Waals surface area contributed by atoms with Crippen molar-refractivity contribution in [3.8, 4) is 0 Å². The average molecular weight is 420 g/mol. The summed E-state index contributed by atoms with van der Waals surface area (Å²) in [5, 5.41) is 12.9. The van der Waals surface area contributed by atoms with E-state index in [2.05, 4.69) is 44.6 Å². The molecule has 1 saturated heterocycles. The summed E-state index contributed by atoms with van der Waals surface area (Å²) in [5.41, 5.74) is 5.27. The van der Waals surface area contributed by atoms with Gasteiger partial charge in [0.05, 0.1) is 24.1 Å². The highest BCUT2D eigenvalue weighted by atomic mass is 16.2. The van der Waals surface area contributed by atoms with Crippen molar-refractivity contribution >= 4 is 5.91 Å². The molecule has 4 heterocycles. The van der Waals surface area contributed by atoms with Gasteiger partial charge in [0.15, 0.2) is 5.69 Å². The van der Waals surface area contributed by atoms with Crippen molar-refractivity contribution < 1.29 is 4.79 Å². The highest BCUT2D eigenvalue weighted by Gasteiger charge is 2.28. The van der Waals surface area contributed by atoms with E-state index in [-0.39, 0.29) is 5.91 Å². The second-order valence-electron chi connectivity index (χ2n) is 8.74. The highest BCUT2D eigenvalue weighted by Crippen LogP contribution is 2.22. The maximum atomic E-state index is 13.0. The van der Waals surface area contributed by atoms with Crippen LogP contribution >= 0.6 is 0 Å². The van der Waals surface area contributed by atoms with Gasteiger partial charge in [0.1, 0.15) is 0 Å². The van der Waals surface area contributed by atoms with Crippen molar-refractivity contribution in [3.63, 3.8) is 0 Å². The second kappa shape index (κ2) is 8.26. The molecule has 5 rings (SSSR count). The van der Waals surface area contributed by atoms with Gasteiger partial charge in [0.25, 0.3) is 5.91 Å². The van der Waals surface area contributed by atoms with Gasteiger partial charge in [-0.2, -0.15) is 5.10 Å². The van der Waals surface area contributed by atoms with Crippen LogP contribution < -0.4 is 0 Å². The summed E-state index contributed by atoms with van der Waals surface area (Å²) in [6.07, 6.45) is 5.01. The molecule has 1 amide bonds. The van der Waals surface area contributed by atoms with Gasteiger partial charge in [-0.05, 0) is 49.9 Å². The lowest BCUT2D eigenvalue weighted by Gasteiger charge is -2.28. The molecule has 0 radical (unpaired) electrons. The smallest absolute Gasteiger partial charge is 0.276 e. The van der Waals surface area contributed by atoms with Crippen LogP contribution in [0.15, 0.2) is 36.5 Å². The van der Waals surface area contributed by atoms with Crippen LogP contribution in [0.4, 0.5) is 0 Å². The molecule has 1 atom stereocenters. The van der Waals surface area contributed by atoms with Gasteiger partial charge >= 0.3 is 0 Å². The fourth-order valence-electron chi connectivity index (χ4n) is 4.86. The number of fused-ring (bicyclic) bond motifs is 1. The molecule has 0 unspecified atom stereocenters. The summed E-state index contributed by atoms with van der Waals surface area (Å²) in [4.78, 5) is 17.4. The lowest BCUT2D eigenvalue weighted by Crippen LogP contribution is -2.36. The minimum absolute atomic E-state index is 0.0330. The number of aromatic nitrogens is 5. The topological polar surface area (TPSA) is 72.1 Å². The molecule has 31 heavy (non-hydrogen) atoms. The summed E-state index contributed by atoms with van der Waals surface area (Å²) in [6, 6.07) is 10.9. The standard InChI is InChI=1S/C23H29N7O/c1-17-12-21(27(2)25-17)14-28-10-5-8-20(28)15-30-16-22(24-26-30)23(31)29-11-9-18-6-3-4-7-19(18)13-29/h3-4,6-7,12,16,20H,5,8-11,13-15H2,1-2H3/t20-/m0/s1. The summed E-state index contributed by atoms with van der Waals surface area (Å²) < 4.78 is 3.80. The molecule has 0 bridgehead atoms. The number of aryl methyl sites for hydroxylation is 2. The number of carbonyl (C=O) groups is 1. The van der Waals surface area contributed by atoms with Crippen LogP contribution in [0, 0.1) is 6.92 Å². The van der Waals surface area contributed by atoms with Crippen molar-refractivity contribution in [1.29, 1.82) is 0 Å². The van der Waals surface area contributed by atoms with Crippen LogP contribution in [0.1, 0.15) is 45.8 Å². The summed E-state index contributed by atoms with van der Waals surface area (Å²) in [5.74, 6) is -0.0330. The number of likely N-dealkylation sites (tertiary alicyclic amines) is 1. The van der Waals surface area contributed by atoms with Crippen molar-refractivity contribution in [3.05, 3.63) is 64.7 Å². The van der Waals surface area contributed by atoms with Crippen LogP contribution in [0.25, 0.3) is 0 Å².